The predicted molar refractivity (Wildman–Crippen MR) is 110 cm³/mol. The van der Waals surface area contributed by atoms with Gasteiger partial charge in [-0.05, 0) is 27.8 Å². The van der Waals surface area contributed by atoms with Crippen molar-refractivity contribution in [1.29, 1.82) is 0 Å². The summed E-state index contributed by atoms with van der Waals surface area (Å²) in [6, 6.07) is 17.6. The summed E-state index contributed by atoms with van der Waals surface area (Å²) in [5.74, 6) is -1.29. The van der Waals surface area contributed by atoms with E-state index in [0.29, 0.717) is 5.56 Å². The summed E-state index contributed by atoms with van der Waals surface area (Å²) in [5, 5.41) is 11.8. The van der Waals surface area contributed by atoms with Crippen LogP contribution >= 0.6 is 0 Å². The summed E-state index contributed by atoms with van der Waals surface area (Å²) in [6.45, 7) is 0.102. The number of carboxylic acids is 1. The van der Waals surface area contributed by atoms with Crippen LogP contribution in [0.4, 0.5) is 4.79 Å². The number of carbonyl (C=O) groups is 2. The zero-order chi connectivity index (χ0) is 21.1. The average Bonchev–Trinajstić information content (AvgIpc) is 3.07. The fourth-order valence-electron chi connectivity index (χ4n) is 3.79. The van der Waals surface area contributed by atoms with E-state index in [1.165, 1.54) is 18.3 Å². The highest BCUT2D eigenvalue weighted by atomic mass is 16.5. The van der Waals surface area contributed by atoms with Gasteiger partial charge >= 0.3 is 12.1 Å². The van der Waals surface area contributed by atoms with Crippen molar-refractivity contribution in [3.8, 4) is 11.1 Å². The lowest BCUT2D eigenvalue weighted by molar-refractivity contribution is -0.139. The Morgan fingerprint density at radius 2 is 1.63 bits per heavy atom. The molecule has 1 amide bonds. The van der Waals surface area contributed by atoms with Crippen LogP contribution in [0.2, 0.25) is 0 Å². The van der Waals surface area contributed by atoms with Crippen LogP contribution in [0.25, 0.3) is 11.1 Å². The Morgan fingerprint density at radius 3 is 2.20 bits per heavy atom. The molecule has 1 aliphatic rings. The van der Waals surface area contributed by atoms with Gasteiger partial charge in [0.1, 0.15) is 12.6 Å². The van der Waals surface area contributed by atoms with E-state index in [-0.39, 0.29) is 24.5 Å². The number of fused-ring (bicyclic) bond motifs is 3. The summed E-state index contributed by atoms with van der Waals surface area (Å²) in [4.78, 5) is 37.5. The molecule has 0 radical (unpaired) electrons. The fourth-order valence-corrected chi connectivity index (χ4v) is 3.79. The van der Waals surface area contributed by atoms with Gasteiger partial charge < -0.3 is 20.1 Å². The largest absolute Gasteiger partial charge is 0.480 e. The Balaban J connectivity index is 1.43. The lowest BCUT2D eigenvalue weighted by Crippen LogP contribution is -2.43. The van der Waals surface area contributed by atoms with Crippen LogP contribution in [0.15, 0.2) is 71.7 Å². The minimum Gasteiger partial charge on any atom is -0.480 e. The third-order valence-electron chi connectivity index (χ3n) is 5.22. The predicted octanol–water partition coefficient (Wildman–Crippen LogP) is 2.91. The third-order valence-corrected chi connectivity index (χ3v) is 5.22. The van der Waals surface area contributed by atoms with Crippen LogP contribution in [-0.4, -0.2) is 34.8 Å². The molecule has 0 fully saturated rings. The van der Waals surface area contributed by atoms with E-state index in [1.54, 1.807) is 0 Å². The number of amides is 1. The molecule has 7 nitrogen and oxygen atoms in total. The molecule has 4 rings (SSSR count). The number of hydrogen-bond acceptors (Lipinski definition) is 4. The first-order valence-electron chi connectivity index (χ1n) is 9.55. The zero-order valence-corrected chi connectivity index (χ0v) is 16.0. The van der Waals surface area contributed by atoms with E-state index in [4.69, 9.17) is 4.74 Å². The number of hydrogen-bond donors (Lipinski definition) is 3. The lowest BCUT2D eigenvalue weighted by atomic mass is 9.98. The molecule has 152 valence electrons. The molecule has 0 aliphatic heterocycles. The van der Waals surface area contributed by atoms with Crippen molar-refractivity contribution in [2.24, 2.45) is 0 Å². The zero-order valence-electron chi connectivity index (χ0n) is 16.0. The molecule has 0 spiro atoms. The summed E-state index contributed by atoms with van der Waals surface area (Å²) >= 11 is 0. The fraction of sp³-hybridized carbons (Fsp3) is 0.174. The van der Waals surface area contributed by atoms with Gasteiger partial charge in [0.2, 0.25) is 5.56 Å². The molecule has 7 heteroatoms. The number of carbonyl (C=O) groups excluding carboxylic acids is 1. The van der Waals surface area contributed by atoms with Gasteiger partial charge in [-0.1, -0.05) is 54.6 Å². The second kappa shape index (κ2) is 8.24. The van der Waals surface area contributed by atoms with E-state index in [9.17, 15) is 19.5 Å². The number of H-pyrrole nitrogens is 1. The van der Waals surface area contributed by atoms with Gasteiger partial charge in [0.15, 0.2) is 0 Å². The van der Waals surface area contributed by atoms with E-state index < -0.39 is 18.1 Å². The maximum atomic E-state index is 12.3. The van der Waals surface area contributed by atoms with Crippen LogP contribution < -0.4 is 10.9 Å². The highest BCUT2D eigenvalue weighted by Crippen LogP contribution is 2.44. The van der Waals surface area contributed by atoms with Crippen molar-refractivity contribution >= 4 is 12.1 Å². The van der Waals surface area contributed by atoms with Crippen molar-refractivity contribution < 1.29 is 19.4 Å². The van der Waals surface area contributed by atoms with Gasteiger partial charge in [0.05, 0.1) is 0 Å². The first-order valence-corrected chi connectivity index (χ1v) is 9.55. The van der Waals surface area contributed by atoms with Gasteiger partial charge in [0, 0.05) is 24.6 Å². The van der Waals surface area contributed by atoms with Crippen molar-refractivity contribution in [2.75, 3.05) is 6.61 Å². The normalized spacial score (nSPS) is 13.2. The molecule has 3 aromatic rings. The quantitative estimate of drug-likeness (QED) is 0.585. The molecule has 30 heavy (non-hydrogen) atoms. The Hall–Kier alpha value is -3.87. The number of ether oxygens (including phenoxy) is 1. The van der Waals surface area contributed by atoms with E-state index in [0.717, 1.165) is 22.3 Å². The maximum absolute atomic E-state index is 12.3. The number of rotatable bonds is 6. The molecule has 1 heterocycles. The molecule has 1 atom stereocenters. The molecule has 2 aromatic carbocycles. The number of alkyl carbamates (subject to hydrolysis) is 1. The van der Waals surface area contributed by atoms with Gasteiger partial charge in [-0.2, -0.15) is 0 Å². The molecular weight excluding hydrogens is 384 g/mol. The Kier molecular flexibility index (Phi) is 5.34. The number of nitrogens with one attached hydrogen (secondary N) is 2. The SMILES string of the molecule is O=C(NC(Cc1ccc(=O)[nH]c1)C(=O)O)OCC1c2ccccc2-c2ccccc21. The van der Waals surface area contributed by atoms with Crippen LogP contribution in [0.3, 0.4) is 0 Å². The third kappa shape index (κ3) is 3.96. The van der Waals surface area contributed by atoms with Gasteiger partial charge in [-0.3, -0.25) is 4.79 Å². The minimum atomic E-state index is -1.19. The topological polar surface area (TPSA) is 108 Å². The molecule has 1 unspecified atom stereocenters. The standard InChI is InChI=1S/C23H20N2O5/c26-21-10-9-14(12-24-21)11-20(22(27)28)25-23(29)30-13-19-17-7-3-1-5-15(17)16-6-2-4-8-18(16)19/h1-10,12,19-20H,11,13H2,(H,24,26)(H,25,29)(H,27,28). The average molecular weight is 404 g/mol. The van der Waals surface area contributed by atoms with Crippen LogP contribution in [0.5, 0.6) is 0 Å². The smallest absolute Gasteiger partial charge is 0.407 e. The highest BCUT2D eigenvalue weighted by molar-refractivity contribution is 5.81. The molecule has 1 aliphatic carbocycles. The van der Waals surface area contributed by atoms with E-state index >= 15 is 0 Å². The van der Waals surface area contributed by atoms with E-state index in [1.807, 2.05) is 48.5 Å². The number of carboxylic acid groups (broad SMARTS) is 1. The van der Waals surface area contributed by atoms with Crippen molar-refractivity contribution in [2.45, 2.75) is 18.4 Å². The monoisotopic (exact) mass is 404 g/mol. The Bertz CT molecular complexity index is 1090. The van der Waals surface area contributed by atoms with Crippen molar-refractivity contribution in [3.05, 3.63) is 93.9 Å². The van der Waals surface area contributed by atoms with Gasteiger partial charge in [-0.15, -0.1) is 0 Å². The molecule has 0 saturated carbocycles. The Morgan fingerprint density at radius 1 is 1.00 bits per heavy atom. The summed E-state index contributed by atoms with van der Waals surface area (Å²) in [6.07, 6.45) is 0.655. The Labute approximate surface area is 172 Å². The summed E-state index contributed by atoms with van der Waals surface area (Å²) in [5.41, 5.74) is 4.69. The molecule has 0 bridgehead atoms. The minimum absolute atomic E-state index is 0.0241. The highest BCUT2D eigenvalue weighted by Gasteiger charge is 2.29. The van der Waals surface area contributed by atoms with Crippen molar-refractivity contribution in [3.63, 3.8) is 0 Å². The van der Waals surface area contributed by atoms with E-state index in [2.05, 4.69) is 10.3 Å². The lowest BCUT2D eigenvalue weighted by Gasteiger charge is -2.17. The number of aromatic nitrogens is 1. The van der Waals surface area contributed by atoms with Crippen LogP contribution in [0, 0.1) is 0 Å². The molecule has 0 saturated heterocycles. The molecule has 3 N–H and O–H groups in total. The second-order valence-corrected chi connectivity index (χ2v) is 7.13. The van der Waals surface area contributed by atoms with Gasteiger partial charge in [0.25, 0.3) is 0 Å². The molecular formula is C23H20N2O5. The number of aliphatic carboxylic acids is 1. The number of benzene rings is 2. The molecule has 1 aromatic heterocycles. The second-order valence-electron chi connectivity index (χ2n) is 7.13. The number of pyridine rings is 1. The van der Waals surface area contributed by atoms with Crippen LogP contribution in [0.1, 0.15) is 22.6 Å². The van der Waals surface area contributed by atoms with Crippen molar-refractivity contribution in [1.82, 2.24) is 10.3 Å². The summed E-state index contributed by atoms with van der Waals surface area (Å²) < 4.78 is 5.41. The van der Waals surface area contributed by atoms with Crippen LogP contribution in [-0.2, 0) is 16.0 Å². The van der Waals surface area contributed by atoms with Gasteiger partial charge in [-0.25, -0.2) is 9.59 Å². The summed E-state index contributed by atoms with van der Waals surface area (Å²) in [7, 11) is 0. The first kappa shape index (κ1) is 19.4. The number of aromatic amines is 1. The maximum Gasteiger partial charge on any atom is 0.407 e. The first-order chi connectivity index (χ1) is 14.5.